The van der Waals surface area contributed by atoms with Gasteiger partial charge in [-0.05, 0) is 0 Å². The van der Waals surface area contributed by atoms with E-state index in [9.17, 15) is 8.42 Å². The molecule has 0 amide bonds. The van der Waals surface area contributed by atoms with Crippen LogP contribution in [-0.2, 0) is 10.3 Å². The van der Waals surface area contributed by atoms with Crippen LogP contribution in [0.2, 0.25) is 0 Å². The molecule has 5 nitrogen and oxygen atoms in total. The summed E-state index contributed by atoms with van der Waals surface area (Å²) in [7, 11) is -3.12. The summed E-state index contributed by atoms with van der Waals surface area (Å²) in [6.45, 7) is -0.709. The van der Waals surface area contributed by atoms with Gasteiger partial charge in [0.05, 0.1) is 0 Å². The lowest BCUT2D eigenvalue weighted by molar-refractivity contribution is 0.189. The Kier molecular flexibility index (Phi) is 2.35. The fraction of sp³-hybridized carbons (Fsp3) is 1.00. The number of nitrogens with zero attached hydrogens (tertiary/aromatic N) is 1. The lowest BCUT2D eigenvalue weighted by Gasteiger charge is -2.05. The Hall–Kier alpha value is -0.170. The highest BCUT2D eigenvalue weighted by Gasteiger charge is 2.09. The van der Waals surface area contributed by atoms with Crippen molar-refractivity contribution in [1.29, 1.82) is 0 Å². The van der Waals surface area contributed by atoms with Crippen molar-refractivity contribution in [1.82, 2.24) is 4.31 Å². The summed E-state index contributed by atoms with van der Waals surface area (Å²) in [4.78, 5) is 0. The number of aliphatic hydroxyl groups excluding tert-OH is 1. The molecule has 0 aliphatic carbocycles. The number of rotatable bonds is 2. The molecule has 2 N–H and O–H groups in total. The molecule has 0 fully saturated rings. The van der Waals surface area contributed by atoms with Crippen molar-refractivity contribution in [2.75, 3.05) is 13.8 Å². The summed E-state index contributed by atoms with van der Waals surface area (Å²) < 4.78 is 28.2. The molecule has 0 rings (SSSR count). The lowest BCUT2D eigenvalue weighted by Crippen LogP contribution is -2.26. The first-order valence-electron chi connectivity index (χ1n) is 1.78. The highest BCUT2D eigenvalue weighted by molar-refractivity contribution is 7.83. The van der Waals surface area contributed by atoms with E-state index in [1.807, 2.05) is 0 Å². The molecule has 0 aromatic carbocycles. The van der Waals surface area contributed by atoms with Crippen molar-refractivity contribution in [2.45, 2.75) is 0 Å². The van der Waals surface area contributed by atoms with E-state index in [4.69, 9.17) is 9.66 Å². The summed E-state index contributed by atoms with van der Waals surface area (Å²) in [6, 6.07) is 0. The van der Waals surface area contributed by atoms with E-state index < -0.39 is 17.0 Å². The Balaban J connectivity index is 4.04. The summed E-state index contributed by atoms with van der Waals surface area (Å²) >= 11 is 0. The minimum atomic E-state index is -4.17. The molecule has 6 heteroatoms. The fourth-order valence-corrected chi connectivity index (χ4v) is 0.219. The monoisotopic (exact) mass is 141 g/mol. The third-order valence-electron chi connectivity index (χ3n) is 0.593. The van der Waals surface area contributed by atoms with E-state index in [-0.39, 0.29) is 0 Å². The van der Waals surface area contributed by atoms with E-state index in [1.165, 1.54) is 0 Å². The predicted molar refractivity (Wildman–Crippen MR) is 26.4 cm³/mol. The summed E-state index contributed by atoms with van der Waals surface area (Å²) in [5.74, 6) is 0. The minimum absolute atomic E-state index is 0.396. The van der Waals surface area contributed by atoms with Crippen molar-refractivity contribution in [3.8, 4) is 0 Å². The average molecular weight is 141 g/mol. The maximum absolute atomic E-state index is 9.88. The van der Waals surface area contributed by atoms with Crippen LogP contribution in [0.3, 0.4) is 0 Å². The maximum Gasteiger partial charge on any atom is 0.337 e. The van der Waals surface area contributed by atoms with Crippen molar-refractivity contribution >= 4 is 10.3 Å². The van der Waals surface area contributed by atoms with Crippen LogP contribution in [0, 0.1) is 0 Å². The van der Waals surface area contributed by atoms with Gasteiger partial charge in [-0.2, -0.15) is 12.7 Å². The SMILES string of the molecule is CN(CO)S(=O)(=O)O. The highest BCUT2D eigenvalue weighted by Crippen LogP contribution is 1.86. The van der Waals surface area contributed by atoms with Crippen molar-refractivity contribution in [2.24, 2.45) is 0 Å². The molecule has 0 aliphatic heterocycles. The Bertz CT molecular complexity index is 149. The zero-order valence-electron chi connectivity index (χ0n) is 4.27. The minimum Gasteiger partial charge on any atom is -0.380 e. The molecule has 0 saturated heterocycles. The van der Waals surface area contributed by atoms with E-state index in [0.29, 0.717) is 4.31 Å². The second-order valence-electron chi connectivity index (χ2n) is 1.22. The molecule has 0 unspecified atom stereocenters. The van der Waals surface area contributed by atoms with Gasteiger partial charge < -0.3 is 5.11 Å². The molecule has 0 radical (unpaired) electrons. The molecule has 0 spiro atoms. The predicted octanol–water partition coefficient (Wildman–Crippen LogP) is -1.33. The maximum atomic E-state index is 9.88. The molecule has 0 aromatic heterocycles. The van der Waals surface area contributed by atoms with Gasteiger partial charge in [-0.25, -0.2) is 0 Å². The molecule has 0 aromatic rings. The van der Waals surface area contributed by atoms with Gasteiger partial charge in [-0.1, -0.05) is 0 Å². The van der Waals surface area contributed by atoms with Gasteiger partial charge in [0.1, 0.15) is 6.73 Å². The van der Waals surface area contributed by atoms with Gasteiger partial charge in [0.2, 0.25) is 0 Å². The van der Waals surface area contributed by atoms with Crippen LogP contribution < -0.4 is 0 Å². The molecule has 0 aliphatic rings. The zero-order chi connectivity index (χ0) is 6.78. The van der Waals surface area contributed by atoms with E-state index >= 15 is 0 Å². The van der Waals surface area contributed by atoms with Gasteiger partial charge in [-0.15, -0.1) is 0 Å². The van der Waals surface area contributed by atoms with Crippen LogP contribution >= 0.6 is 0 Å². The van der Waals surface area contributed by atoms with Crippen LogP contribution in [0.4, 0.5) is 0 Å². The molecule has 0 atom stereocenters. The number of aliphatic hydroxyl groups is 1. The van der Waals surface area contributed by atoms with Gasteiger partial charge in [0.15, 0.2) is 0 Å². The first kappa shape index (κ1) is 7.83. The van der Waals surface area contributed by atoms with E-state index in [1.54, 1.807) is 0 Å². The van der Waals surface area contributed by atoms with Gasteiger partial charge in [0, 0.05) is 7.05 Å². The quantitative estimate of drug-likeness (QED) is 0.369. The van der Waals surface area contributed by atoms with Crippen LogP contribution in [-0.4, -0.2) is 36.2 Å². The Morgan fingerprint density at radius 2 is 2.00 bits per heavy atom. The molecule has 0 saturated carbocycles. The van der Waals surface area contributed by atoms with E-state index in [0.717, 1.165) is 7.05 Å². The van der Waals surface area contributed by atoms with Crippen LogP contribution in [0.1, 0.15) is 0 Å². The summed E-state index contributed by atoms with van der Waals surface area (Å²) in [5.41, 5.74) is 0. The fourth-order valence-electron chi connectivity index (χ4n) is 0.0730. The Morgan fingerprint density at radius 3 is 2.00 bits per heavy atom. The van der Waals surface area contributed by atoms with Crippen LogP contribution in [0.15, 0.2) is 0 Å². The Labute approximate surface area is 47.4 Å². The highest BCUT2D eigenvalue weighted by atomic mass is 32.2. The number of hydrogen-bond acceptors (Lipinski definition) is 3. The topological polar surface area (TPSA) is 77.8 Å². The standard InChI is InChI=1S/C2H7NO4S/c1-3(2-4)8(5,6)7/h4H,2H2,1H3,(H,5,6,7). The third kappa shape index (κ3) is 2.22. The zero-order valence-corrected chi connectivity index (χ0v) is 5.09. The van der Waals surface area contributed by atoms with Crippen molar-refractivity contribution in [3.63, 3.8) is 0 Å². The smallest absolute Gasteiger partial charge is 0.337 e. The molecular formula is C2H7NO4S. The Morgan fingerprint density at radius 1 is 1.62 bits per heavy atom. The molecule has 50 valence electrons. The van der Waals surface area contributed by atoms with Gasteiger partial charge >= 0.3 is 10.3 Å². The average Bonchev–Trinajstić information content (AvgIpc) is 1.62. The van der Waals surface area contributed by atoms with Crippen LogP contribution in [0.5, 0.6) is 0 Å². The summed E-state index contributed by atoms with van der Waals surface area (Å²) in [5, 5.41) is 8.06. The normalized spacial score (nSPS) is 12.5. The second-order valence-corrected chi connectivity index (χ2v) is 2.74. The number of hydrogen-bond donors (Lipinski definition) is 2. The van der Waals surface area contributed by atoms with Crippen molar-refractivity contribution in [3.05, 3.63) is 0 Å². The van der Waals surface area contributed by atoms with Gasteiger partial charge in [-0.3, -0.25) is 4.55 Å². The third-order valence-corrected chi connectivity index (χ3v) is 1.50. The molecule has 0 heterocycles. The largest absolute Gasteiger partial charge is 0.380 e. The first-order valence-corrected chi connectivity index (χ1v) is 3.18. The second kappa shape index (κ2) is 2.40. The van der Waals surface area contributed by atoms with Crippen molar-refractivity contribution < 1.29 is 18.1 Å². The molecule has 0 bridgehead atoms. The lowest BCUT2D eigenvalue weighted by atomic mass is 11.2. The van der Waals surface area contributed by atoms with Crippen LogP contribution in [0.25, 0.3) is 0 Å². The van der Waals surface area contributed by atoms with Gasteiger partial charge in [0.25, 0.3) is 0 Å². The molecular weight excluding hydrogens is 134 g/mol. The molecule has 8 heavy (non-hydrogen) atoms. The first-order chi connectivity index (χ1) is 3.48. The van der Waals surface area contributed by atoms with E-state index in [2.05, 4.69) is 0 Å². The summed E-state index contributed by atoms with van der Waals surface area (Å²) in [6.07, 6.45) is 0.